The van der Waals surface area contributed by atoms with Crippen molar-refractivity contribution in [3.63, 3.8) is 0 Å². The molecule has 7 heteroatoms. The van der Waals surface area contributed by atoms with Crippen LogP contribution < -0.4 is 4.90 Å². The van der Waals surface area contributed by atoms with E-state index in [1.54, 1.807) is 11.3 Å². The summed E-state index contributed by atoms with van der Waals surface area (Å²) in [6.07, 6.45) is 0.881. The van der Waals surface area contributed by atoms with Gasteiger partial charge in [-0.05, 0) is 11.4 Å². The zero-order valence-corrected chi connectivity index (χ0v) is 15.2. The molecular weight excluding hydrogens is 326 g/mol. The van der Waals surface area contributed by atoms with E-state index in [2.05, 4.69) is 45.1 Å². The molecule has 0 amide bonds. The minimum atomic E-state index is 0.627. The number of anilines is 1. The standard InChI is InChI=1S/C16H21N5S2/c1-3-13-18-14(12-4-9-22-15(12)19-13)20-5-7-21(8-6-20)16-17-10-11(2)23-16/h4,9,11H,3,5-8,10H2,1-2H3. The van der Waals surface area contributed by atoms with Gasteiger partial charge in [0.1, 0.15) is 16.5 Å². The van der Waals surface area contributed by atoms with Gasteiger partial charge in [0.05, 0.1) is 11.9 Å². The van der Waals surface area contributed by atoms with E-state index in [-0.39, 0.29) is 0 Å². The number of aryl methyl sites for hydroxylation is 1. The summed E-state index contributed by atoms with van der Waals surface area (Å²) < 4.78 is 0. The molecule has 0 aromatic carbocycles. The second-order valence-corrected chi connectivity index (χ2v) is 8.28. The summed E-state index contributed by atoms with van der Waals surface area (Å²) >= 11 is 3.62. The molecular formula is C16H21N5S2. The Labute approximate surface area is 144 Å². The van der Waals surface area contributed by atoms with Gasteiger partial charge >= 0.3 is 0 Å². The Hall–Kier alpha value is -1.34. The lowest BCUT2D eigenvalue weighted by molar-refractivity contribution is 0.391. The van der Waals surface area contributed by atoms with Gasteiger partial charge < -0.3 is 9.80 Å². The van der Waals surface area contributed by atoms with Gasteiger partial charge in [-0.3, -0.25) is 4.99 Å². The van der Waals surface area contributed by atoms with Crippen LogP contribution >= 0.6 is 23.1 Å². The van der Waals surface area contributed by atoms with Crippen molar-refractivity contribution in [2.24, 2.45) is 4.99 Å². The molecule has 5 nitrogen and oxygen atoms in total. The Morgan fingerprint density at radius 1 is 1.17 bits per heavy atom. The van der Waals surface area contributed by atoms with Crippen molar-refractivity contribution in [3.05, 3.63) is 17.3 Å². The second kappa shape index (κ2) is 6.28. The van der Waals surface area contributed by atoms with Crippen LogP contribution in [0.15, 0.2) is 16.4 Å². The van der Waals surface area contributed by atoms with Gasteiger partial charge in [-0.25, -0.2) is 9.97 Å². The highest BCUT2D eigenvalue weighted by atomic mass is 32.2. The molecule has 2 aliphatic heterocycles. The Kier molecular flexibility index (Phi) is 4.15. The third-order valence-corrected chi connectivity index (χ3v) is 6.26. The predicted octanol–water partition coefficient (Wildman–Crippen LogP) is 2.87. The van der Waals surface area contributed by atoms with Crippen LogP contribution in [0, 0.1) is 0 Å². The van der Waals surface area contributed by atoms with Crippen molar-refractivity contribution >= 4 is 44.3 Å². The topological polar surface area (TPSA) is 44.6 Å². The van der Waals surface area contributed by atoms with E-state index < -0.39 is 0 Å². The lowest BCUT2D eigenvalue weighted by Gasteiger charge is -2.36. The highest BCUT2D eigenvalue weighted by Crippen LogP contribution is 2.30. The summed E-state index contributed by atoms with van der Waals surface area (Å²) in [5.74, 6) is 2.06. The van der Waals surface area contributed by atoms with Crippen LogP contribution in [0.25, 0.3) is 10.2 Å². The van der Waals surface area contributed by atoms with Crippen molar-refractivity contribution < 1.29 is 0 Å². The predicted molar refractivity (Wildman–Crippen MR) is 99.9 cm³/mol. The van der Waals surface area contributed by atoms with E-state index in [1.807, 2.05) is 11.8 Å². The van der Waals surface area contributed by atoms with Gasteiger partial charge in [0.25, 0.3) is 0 Å². The summed E-state index contributed by atoms with van der Waals surface area (Å²) in [6, 6.07) is 2.15. The van der Waals surface area contributed by atoms with E-state index >= 15 is 0 Å². The van der Waals surface area contributed by atoms with Crippen LogP contribution in [-0.4, -0.2) is 58.0 Å². The zero-order valence-electron chi connectivity index (χ0n) is 13.5. The SMILES string of the molecule is CCc1nc(N2CCN(C3=NCC(C)S3)CC2)c2ccsc2n1. The van der Waals surface area contributed by atoms with Gasteiger partial charge in [0, 0.05) is 37.8 Å². The normalized spacial score (nSPS) is 22.0. The molecule has 0 N–H and O–H groups in total. The minimum absolute atomic E-state index is 0.627. The molecule has 4 heterocycles. The van der Waals surface area contributed by atoms with Gasteiger partial charge in [-0.15, -0.1) is 11.3 Å². The van der Waals surface area contributed by atoms with Gasteiger partial charge in [-0.1, -0.05) is 25.6 Å². The molecule has 1 fully saturated rings. The lowest BCUT2D eigenvalue weighted by Crippen LogP contribution is -2.48. The molecule has 23 heavy (non-hydrogen) atoms. The van der Waals surface area contributed by atoms with Crippen LogP contribution in [0.4, 0.5) is 5.82 Å². The number of thioether (sulfide) groups is 1. The quantitative estimate of drug-likeness (QED) is 0.836. The van der Waals surface area contributed by atoms with E-state index in [9.17, 15) is 0 Å². The van der Waals surface area contributed by atoms with Crippen LogP contribution in [0.5, 0.6) is 0 Å². The number of hydrogen-bond acceptors (Lipinski definition) is 7. The van der Waals surface area contributed by atoms with Crippen molar-refractivity contribution in [3.8, 4) is 0 Å². The molecule has 0 aliphatic carbocycles. The first-order chi connectivity index (χ1) is 11.2. The fourth-order valence-electron chi connectivity index (χ4n) is 3.03. The number of aromatic nitrogens is 2. The van der Waals surface area contributed by atoms with Gasteiger partial charge in [0.2, 0.25) is 0 Å². The number of amidine groups is 1. The van der Waals surface area contributed by atoms with Crippen molar-refractivity contribution in [1.82, 2.24) is 14.9 Å². The number of thiophene rings is 1. The first-order valence-corrected chi connectivity index (χ1v) is 9.95. The minimum Gasteiger partial charge on any atom is -0.352 e. The number of nitrogens with zero attached hydrogens (tertiary/aromatic N) is 5. The molecule has 1 saturated heterocycles. The van der Waals surface area contributed by atoms with Crippen LogP contribution in [0.1, 0.15) is 19.7 Å². The molecule has 1 unspecified atom stereocenters. The van der Waals surface area contributed by atoms with E-state index in [0.717, 1.165) is 55.6 Å². The lowest BCUT2D eigenvalue weighted by atomic mass is 10.2. The van der Waals surface area contributed by atoms with E-state index in [1.165, 1.54) is 10.6 Å². The van der Waals surface area contributed by atoms with Gasteiger partial charge in [-0.2, -0.15) is 0 Å². The third-order valence-electron chi connectivity index (χ3n) is 4.31. The molecule has 122 valence electrons. The average molecular weight is 348 g/mol. The highest BCUT2D eigenvalue weighted by Gasteiger charge is 2.26. The average Bonchev–Trinajstić information content (AvgIpc) is 3.22. The smallest absolute Gasteiger partial charge is 0.159 e. The van der Waals surface area contributed by atoms with Crippen LogP contribution in [-0.2, 0) is 6.42 Å². The van der Waals surface area contributed by atoms with Gasteiger partial charge in [0.15, 0.2) is 5.17 Å². The Balaban J connectivity index is 1.53. The highest BCUT2D eigenvalue weighted by molar-refractivity contribution is 8.14. The molecule has 2 aromatic rings. The first-order valence-electron chi connectivity index (χ1n) is 8.19. The maximum absolute atomic E-state index is 4.82. The molecule has 2 aromatic heterocycles. The largest absolute Gasteiger partial charge is 0.352 e. The molecule has 2 aliphatic rings. The van der Waals surface area contributed by atoms with Crippen molar-refractivity contribution in [2.45, 2.75) is 25.5 Å². The molecule has 0 saturated carbocycles. The molecule has 1 atom stereocenters. The Morgan fingerprint density at radius 2 is 1.96 bits per heavy atom. The molecule has 0 spiro atoms. The summed E-state index contributed by atoms with van der Waals surface area (Å²) in [5, 5.41) is 5.17. The number of hydrogen-bond donors (Lipinski definition) is 0. The fourth-order valence-corrected chi connectivity index (χ4v) is 4.79. The first kappa shape index (κ1) is 15.2. The molecule has 4 rings (SSSR count). The third kappa shape index (κ3) is 2.92. The van der Waals surface area contributed by atoms with Crippen LogP contribution in [0.3, 0.4) is 0 Å². The monoisotopic (exact) mass is 347 g/mol. The Morgan fingerprint density at radius 3 is 2.65 bits per heavy atom. The molecule has 0 radical (unpaired) electrons. The fraction of sp³-hybridized carbons (Fsp3) is 0.562. The number of rotatable bonds is 2. The number of aliphatic imine (C=N–C) groups is 1. The van der Waals surface area contributed by atoms with E-state index in [4.69, 9.17) is 4.98 Å². The summed E-state index contributed by atoms with van der Waals surface area (Å²) in [6.45, 7) is 9.37. The maximum atomic E-state index is 4.82. The summed E-state index contributed by atoms with van der Waals surface area (Å²) in [5.41, 5.74) is 0. The van der Waals surface area contributed by atoms with Crippen molar-refractivity contribution in [2.75, 3.05) is 37.6 Å². The number of piperazine rings is 1. The van der Waals surface area contributed by atoms with Crippen LogP contribution in [0.2, 0.25) is 0 Å². The molecule has 0 bridgehead atoms. The number of fused-ring (bicyclic) bond motifs is 1. The van der Waals surface area contributed by atoms with E-state index in [0.29, 0.717) is 5.25 Å². The summed E-state index contributed by atoms with van der Waals surface area (Å²) in [7, 11) is 0. The maximum Gasteiger partial charge on any atom is 0.159 e. The second-order valence-electron chi connectivity index (χ2n) is 5.98. The summed E-state index contributed by atoms with van der Waals surface area (Å²) in [4.78, 5) is 20.1. The van der Waals surface area contributed by atoms with Crippen molar-refractivity contribution in [1.29, 1.82) is 0 Å². The zero-order chi connectivity index (χ0) is 15.8. The Bertz CT molecular complexity index is 733.